The van der Waals surface area contributed by atoms with Gasteiger partial charge in [0.1, 0.15) is 5.82 Å². The van der Waals surface area contributed by atoms with E-state index in [-0.39, 0.29) is 0 Å². The molecule has 18 aromatic carbocycles. The molecule has 0 aliphatic rings. The second-order valence-corrected chi connectivity index (χ2v) is 33.9. The topological polar surface area (TPSA) is 110 Å². The molecule has 0 radical (unpaired) electrons. The molecule has 28 rings (SSSR count). The minimum atomic E-state index is -4.44. The Balaban J connectivity index is 0.000000104. The zero-order valence-corrected chi connectivity index (χ0v) is 70.2. The fourth-order valence-electron chi connectivity index (χ4n) is 21.0. The molecule has 0 saturated heterocycles. The van der Waals surface area contributed by atoms with Gasteiger partial charge in [-0.05, 0) is 260 Å². The maximum Gasteiger partial charge on any atom is 0.416 e. The molecule has 0 aliphatic carbocycles. The van der Waals surface area contributed by atoms with Crippen LogP contribution >= 0.6 is 0 Å². The van der Waals surface area contributed by atoms with Crippen LogP contribution in [0.3, 0.4) is 0 Å². The number of benzene rings is 18. The molecule has 0 spiro atoms. The number of pyridine rings is 6. The van der Waals surface area contributed by atoms with Crippen LogP contribution in [-0.2, 0) is 6.18 Å². The van der Waals surface area contributed by atoms with E-state index in [0.29, 0.717) is 11.3 Å². The molecule has 0 aliphatic heterocycles. The molecule has 0 N–H and O–H groups in total. The molecule has 0 amide bonds. The summed E-state index contributed by atoms with van der Waals surface area (Å²) in [5, 5.41) is 28.4. The average molecular weight is 1690 g/mol. The zero-order valence-electron chi connectivity index (χ0n) is 70.2. The maximum absolute atomic E-state index is 13.8. The third-order valence-electron chi connectivity index (χ3n) is 26.6. The monoisotopic (exact) mass is 1690 g/mol. The van der Waals surface area contributed by atoms with E-state index < -0.39 is 11.7 Å². The van der Waals surface area contributed by atoms with Gasteiger partial charge >= 0.3 is 6.18 Å². The molecule has 28 aromatic rings. The number of hydrogen-bond donors (Lipinski definition) is 0. The number of imidazole rings is 1. The van der Waals surface area contributed by atoms with Crippen molar-refractivity contribution in [2.45, 2.75) is 13.1 Å². The normalized spacial score (nSPS) is 12.1. The summed E-state index contributed by atoms with van der Waals surface area (Å²) in [6, 6.07) is 122. The van der Waals surface area contributed by atoms with E-state index in [2.05, 4.69) is 319 Å². The number of nitrogens with zero attached hydrogens (tertiary/aromatic N) is 11. The minimum absolute atomic E-state index is 0.484. The van der Waals surface area contributed by atoms with Gasteiger partial charge in [-0.25, -0.2) is 9.97 Å². The van der Waals surface area contributed by atoms with Crippen LogP contribution in [-0.4, -0.2) is 53.2 Å². The number of fused-ring (bicyclic) bond motifs is 13. The van der Waals surface area contributed by atoms with Crippen LogP contribution < -0.4 is 0 Å². The van der Waals surface area contributed by atoms with Crippen LogP contribution in [0.4, 0.5) is 13.2 Å². The number of aryl methyl sites for hydroxylation is 1. The predicted octanol–water partition coefficient (Wildman–Crippen LogP) is 30.4. The minimum Gasteiger partial charge on any atom is -0.309 e. The van der Waals surface area contributed by atoms with Gasteiger partial charge in [-0.1, -0.05) is 212 Å². The van der Waals surface area contributed by atoms with E-state index in [1.54, 1.807) is 13.1 Å². The second-order valence-electron chi connectivity index (χ2n) is 33.9. The van der Waals surface area contributed by atoms with Crippen molar-refractivity contribution in [2.75, 3.05) is 0 Å². The highest BCUT2D eigenvalue weighted by atomic mass is 19.4. The predicted molar refractivity (Wildman–Crippen MR) is 532 cm³/mol. The first-order valence-corrected chi connectivity index (χ1v) is 43.7. The summed E-state index contributed by atoms with van der Waals surface area (Å²) in [5.41, 5.74) is 21.6. The molecule has 11 nitrogen and oxygen atoms in total. The van der Waals surface area contributed by atoms with E-state index in [0.717, 1.165) is 144 Å². The van der Waals surface area contributed by atoms with E-state index in [4.69, 9.17) is 15.0 Å². The molecule has 0 atom stereocenters. The van der Waals surface area contributed by atoms with Crippen LogP contribution in [0.5, 0.6) is 0 Å². The number of hydrogen-bond acceptors (Lipinski definition) is 7. The highest BCUT2D eigenvalue weighted by molar-refractivity contribution is 6.37. The van der Waals surface area contributed by atoms with Crippen molar-refractivity contribution in [3.05, 3.63) is 419 Å². The highest BCUT2D eigenvalue weighted by Gasteiger charge is 2.33. The number of rotatable bonds is 9. The number of para-hydroxylation sites is 5. The van der Waals surface area contributed by atoms with Crippen molar-refractivity contribution in [3.63, 3.8) is 0 Å². The van der Waals surface area contributed by atoms with E-state index in [9.17, 15) is 13.2 Å². The van der Waals surface area contributed by atoms with Crippen LogP contribution in [0.25, 0.3) is 252 Å². The van der Waals surface area contributed by atoms with Gasteiger partial charge in [-0.3, -0.25) is 29.5 Å². The summed E-state index contributed by atoms with van der Waals surface area (Å²) < 4.78 is 50.4. The maximum atomic E-state index is 13.8. The molecular weight excluding hydrogens is 1620 g/mol. The lowest BCUT2D eigenvalue weighted by Gasteiger charge is -2.16. The van der Waals surface area contributed by atoms with Gasteiger partial charge in [0.05, 0.1) is 66.8 Å². The quantitative estimate of drug-likeness (QED) is 0.132. The fourth-order valence-corrected chi connectivity index (χ4v) is 21.0. The third-order valence-corrected chi connectivity index (χ3v) is 26.6. The van der Waals surface area contributed by atoms with E-state index in [1.807, 2.05) is 109 Å². The fraction of sp³-hybridized carbons (Fsp3) is 0.0171. The van der Waals surface area contributed by atoms with Gasteiger partial charge in [-0.2, -0.15) is 13.2 Å². The van der Waals surface area contributed by atoms with Crippen LogP contribution in [0.15, 0.2) is 408 Å². The van der Waals surface area contributed by atoms with Crippen molar-refractivity contribution in [3.8, 4) is 79.0 Å². The van der Waals surface area contributed by atoms with Crippen molar-refractivity contribution >= 4 is 173 Å². The van der Waals surface area contributed by atoms with Crippen LogP contribution in [0.2, 0.25) is 0 Å². The van der Waals surface area contributed by atoms with Gasteiger partial charge < -0.3 is 13.7 Å². The van der Waals surface area contributed by atoms with Gasteiger partial charge in [0.15, 0.2) is 0 Å². The van der Waals surface area contributed by atoms with E-state index >= 15 is 0 Å². The summed E-state index contributed by atoms with van der Waals surface area (Å²) in [7, 11) is 0. The summed E-state index contributed by atoms with van der Waals surface area (Å²) in [6.45, 7) is 1.70. The number of aromatic nitrogens is 11. The first kappa shape index (κ1) is 75.0. The smallest absolute Gasteiger partial charge is 0.309 e. The molecule has 10 heterocycles. The Morgan fingerprint density at radius 2 is 0.649 bits per heavy atom. The highest BCUT2D eigenvalue weighted by Crippen LogP contribution is 2.51. The van der Waals surface area contributed by atoms with Crippen molar-refractivity contribution in [1.29, 1.82) is 0 Å². The van der Waals surface area contributed by atoms with E-state index in [1.165, 1.54) is 115 Å². The zero-order chi connectivity index (χ0) is 86.8. The largest absolute Gasteiger partial charge is 0.416 e. The van der Waals surface area contributed by atoms with Crippen molar-refractivity contribution in [1.82, 2.24) is 53.2 Å². The molecule has 10 aromatic heterocycles. The van der Waals surface area contributed by atoms with Gasteiger partial charge in [0.2, 0.25) is 0 Å². The van der Waals surface area contributed by atoms with Crippen molar-refractivity contribution in [2.24, 2.45) is 0 Å². The van der Waals surface area contributed by atoms with Crippen LogP contribution in [0, 0.1) is 6.92 Å². The molecule has 131 heavy (non-hydrogen) atoms. The Morgan fingerprint density at radius 1 is 0.237 bits per heavy atom. The Hall–Kier alpha value is -17.4. The molecule has 14 heteroatoms. The Morgan fingerprint density at radius 3 is 1.15 bits per heavy atom. The summed E-state index contributed by atoms with van der Waals surface area (Å²) in [4.78, 5) is 32.9. The van der Waals surface area contributed by atoms with Gasteiger partial charge in [-0.15, -0.1) is 0 Å². The summed E-state index contributed by atoms with van der Waals surface area (Å²) >= 11 is 0. The van der Waals surface area contributed by atoms with Crippen molar-refractivity contribution < 1.29 is 13.2 Å². The lowest BCUT2D eigenvalue weighted by Crippen LogP contribution is -2.07. The lowest BCUT2D eigenvalue weighted by atomic mass is 9.88. The number of alkyl halides is 3. The Kier molecular flexibility index (Phi) is 16.8. The summed E-state index contributed by atoms with van der Waals surface area (Å²) in [6.07, 6.45) is 12.4. The molecule has 614 valence electrons. The molecule has 0 saturated carbocycles. The Labute approximate surface area is 745 Å². The standard InChI is InChI=1S/C45H27N5.C37H22N4.C35H21F3N2/c1-3-9-31(10-4-1)49-39-23-24-46-27-36(39)44-35-21-16-28-15-19-33(34-20-17-29(25-41(44)49)43(35)42(28)34)37-22-18-30(26-47-37)45-48-38-13-7-8-14-40(38)50(45)32-11-5-2-6-12-32;1-2-5-26(6-3-1)41-33-17-20-39-22-30(33)37-29-14-10-24-9-12-27(28-13-11-25(21-34(37)41)36(29)35(24)28)32-8-4-7-31(40-32)23-15-18-38-19-16-23;1-20-15-24(35(36,37)38)18-25(16-20)40-30-13-14-39-19-29(30)34-28-12-8-22-7-10-26(21-5-3-2-4-6-21)27-11-9-23(17-31(34)40)33(28)32(22)27/h1-27H;1-22H;2-19H,1H3. The van der Waals surface area contributed by atoms with Gasteiger partial charge in [0, 0.05) is 133 Å². The molecule has 0 fully saturated rings. The lowest BCUT2D eigenvalue weighted by molar-refractivity contribution is -0.137. The summed E-state index contributed by atoms with van der Waals surface area (Å²) in [5.74, 6) is 0.875. The van der Waals surface area contributed by atoms with Gasteiger partial charge in [0.25, 0.3) is 0 Å². The molecular formula is C117H70F3N11. The molecule has 0 unspecified atom stereocenters. The molecule has 0 bridgehead atoms. The average Bonchev–Trinajstić information content (AvgIpc) is 1.61. The third kappa shape index (κ3) is 11.8. The first-order valence-electron chi connectivity index (χ1n) is 43.7. The van der Waals surface area contributed by atoms with Crippen LogP contribution in [0.1, 0.15) is 11.1 Å². The first-order chi connectivity index (χ1) is 64.5. The Bertz CT molecular complexity index is 9460. The second kappa shape index (κ2) is 29.4. The number of halogens is 3. The SMILES string of the molecule is Cc1cc(-n2c3ccncc3c3c4ccc5ccc(-c6ccccc6)c6ccc(cc32)c4c56)cc(C(F)(F)F)c1.c1ccc(-n2c(-c3ccc(-c4ccc5ccc6c7c(ccc4c57)cc4c6c5cnccc5n4-c4ccccc4)nc3)nc3ccccc32)cc1.c1ccc(-n2c3ccncc3c3c4ccc5ccc(-c6cccc(-c7ccncc7)n6)c6ccc(cc32)c4c56)cc1.